The Labute approximate surface area is 123 Å². The van der Waals surface area contributed by atoms with Crippen molar-refractivity contribution < 1.29 is 4.79 Å². The molecule has 116 valence electrons. The van der Waals surface area contributed by atoms with Gasteiger partial charge in [-0.1, -0.05) is 0 Å². The maximum atomic E-state index is 12.3. The fourth-order valence-electron chi connectivity index (χ4n) is 3.43. The van der Waals surface area contributed by atoms with E-state index in [4.69, 9.17) is 5.73 Å². The molecule has 0 aromatic rings. The summed E-state index contributed by atoms with van der Waals surface area (Å²) in [4.78, 5) is 19.0. The van der Waals surface area contributed by atoms with Crippen molar-refractivity contribution in [2.24, 2.45) is 5.73 Å². The van der Waals surface area contributed by atoms with Crippen molar-refractivity contribution >= 4 is 5.91 Å². The largest absolute Gasteiger partial charge is 0.343 e. The molecule has 2 aliphatic heterocycles. The summed E-state index contributed by atoms with van der Waals surface area (Å²) in [5, 5.41) is 0. The van der Waals surface area contributed by atoms with Gasteiger partial charge in [-0.25, -0.2) is 0 Å². The van der Waals surface area contributed by atoms with Gasteiger partial charge in [0.05, 0.1) is 0 Å². The van der Waals surface area contributed by atoms with Crippen molar-refractivity contribution in [3.05, 3.63) is 0 Å². The molecule has 0 aliphatic carbocycles. The monoisotopic (exact) mass is 282 g/mol. The normalized spacial score (nSPS) is 23.5. The second-order valence-corrected chi connectivity index (χ2v) is 6.41. The zero-order valence-electron chi connectivity index (χ0n) is 13.1. The highest BCUT2D eigenvalue weighted by Crippen LogP contribution is 2.19. The van der Waals surface area contributed by atoms with Gasteiger partial charge >= 0.3 is 0 Å². The van der Waals surface area contributed by atoms with Crippen molar-refractivity contribution in [1.82, 2.24) is 14.7 Å². The Bertz CT molecular complexity index is 307. The van der Waals surface area contributed by atoms with E-state index in [2.05, 4.69) is 23.9 Å². The van der Waals surface area contributed by atoms with Gasteiger partial charge in [0.2, 0.25) is 5.91 Å². The highest BCUT2D eigenvalue weighted by Gasteiger charge is 2.28. The Morgan fingerprint density at radius 2 is 1.80 bits per heavy atom. The molecule has 2 aliphatic rings. The lowest BCUT2D eigenvalue weighted by molar-refractivity contribution is -0.131. The van der Waals surface area contributed by atoms with Crippen LogP contribution < -0.4 is 5.73 Å². The molecular weight excluding hydrogens is 252 g/mol. The number of likely N-dealkylation sites (tertiary alicyclic amines) is 2. The highest BCUT2D eigenvalue weighted by atomic mass is 16.2. The molecule has 2 rings (SSSR count). The predicted octanol–water partition coefficient (Wildman–Crippen LogP) is 0.352. The van der Waals surface area contributed by atoms with Gasteiger partial charge in [0, 0.05) is 38.1 Å². The van der Waals surface area contributed by atoms with E-state index in [-0.39, 0.29) is 6.04 Å². The Hall–Kier alpha value is -0.650. The van der Waals surface area contributed by atoms with E-state index in [9.17, 15) is 4.79 Å². The maximum absolute atomic E-state index is 12.3. The first-order valence-corrected chi connectivity index (χ1v) is 8.00. The summed E-state index contributed by atoms with van der Waals surface area (Å²) < 4.78 is 0. The molecule has 0 aromatic carbocycles. The van der Waals surface area contributed by atoms with Gasteiger partial charge in [-0.05, 0) is 52.9 Å². The van der Waals surface area contributed by atoms with Crippen LogP contribution in [0.15, 0.2) is 0 Å². The third kappa shape index (κ3) is 3.93. The minimum absolute atomic E-state index is 0.228. The first kappa shape index (κ1) is 15.7. The summed E-state index contributed by atoms with van der Waals surface area (Å²) in [5.41, 5.74) is 5.92. The fraction of sp³-hybridized carbons (Fsp3) is 0.933. The summed E-state index contributed by atoms with van der Waals surface area (Å²) in [6, 6.07) is 0.908. The first-order chi connectivity index (χ1) is 9.61. The van der Waals surface area contributed by atoms with Crippen molar-refractivity contribution in [1.29, 1.82) is 0 Å². The van der Waals surface area contributed by atoms with Gasteiger partial charge < -0.3 is 15.5 Å². The van der Waals surface area contributed by atoms with Gasteiger partial charge in [0.25, 0.3) is 0 Å². The third-order valence-electron chi connectivity index (χ3n) is 4.89. The number of hydrogen-bond donors (Lipinski definition) is 1. The van der Waals surface area contributed by atoms with Crippen LogP contribution in [0.2, 0.25) is 0 Å². The Morgan fingerprint density at radius 1 is 1.20 bits per heavy atom. The zero-order chi connectivity index (χ0) is 14.5. The van der Waals surface area contributed by atoms with Gasteiger partial charge in [0.1, 0.15) is 0 Å². The molecule has 2 saturated heterocycles. The van der Waals surface area contributed by atoms with Gasteiger partial charge in [-0.15, -0.1) is 0 Å². The van der Waals surface area contributed by atoms with E-state index in [0.717, 1.165) is 39.0 Å². The van der Waals surface area contributed by atoms with Crippen LogP contribution >= 0.6 is 0 Å². The predicted molar refractivity (Wildman–Crippen MR) is 81.6 cm³/mol. The minimum Gasteiger partial charge on any atom is -0.343 e. The molecule has 0 aromatic heterocycles. The second kappa shape index (κ2) is 7.38. The molecule has 5 heteroatoms. The lowest BCUT2D eigenvalue weighted by atomic mass is 10.0. The number of nitrogens with zero attached hydrogens (tertiary/aromatic N) is 3. The molecule has 2 fully saturated rings. The zero-order valence-corrected chi connectivity index (χ0v) is 13.1. The molecule has 0 radical (unpaired) electrons. The average Bonchev–Trinajstić information content (AvgIpc) is 2.99. The summed E-state index contributed by atoms with van der Waals surface area (Å²) >= 11 is 0. The van der Waals surface area contributed by atoms with Gasteiger partial charge in [-0.3, -0.25) is 9.69 Å². The SMILES string of the molecule is CN(C)C1CCN(C(CN)CC(=O)N2CCCC2)CC1. The number of piperidine rings is 1. The quantitative estimate of drug-likeness (QED) is 0.791. The molecule has 5 nitrogen and oxygen atoms in total. The van der Waals surface area contributed by atoms with Gasteiger partial charge in [0.15, 0.2) is 0 Å². The first-order valence-electron chi connectivity index (χ1n) is 8.00. The fourth-order valence-corrected chi connectivity index (χ4v) is 3.43. The third-order valence-corrected chi connectivity index (χ3v) is 4.89. The molecule has 1 amide bonds. The summed E-state index contributed by atoms with van der Waals surface area (Å²) in [6.45, 7) is 4.61. The van der Waals surface area contributed by atoms with Crippen LogP contribution in [0.1, 0.15) is 32.1 Å². The number of nitrogens with two attached hydrogens (primary N) is 1. The molecule has 20 heavy (non-hydrogen) atoms. The highest BCUT2D eigenvalue weighted by molar-refractivity contribution is 5.77. The standard InChI is InChI=1S/C15H30N4O/c1-17(2)13-5-9-18(10-6-13)14(12-16)11-15(20)19-7-3-4-8-19/h13-14H,3-12,16H2,1-2H3. The van der Waals surface area contributed by atoms with E-state index >= 15 is 0 Å². The van der Waals surface area contributed by atoms with Crippen molar-refractivity contribution in [3.63, 3.8) is 0 Å². The Morgan fingerprint density at radius 3 is 2.30 bits per heavy atom. The van der Waals surface area contributed by atoms with E-state index in [1.807, 2.05) is 4.90 Å². The van der Waals surface area contributed by atoms with Crippen LogP contribution in [0.3, 0.4) is 0 Å². The lowest BCUT2D eigenvalue weighted by Gasteiger charge is -2.39. The van der Waals surface area contributed by atoms with Crippen LogP contribution in [0.4, 0.5) is 0 Å². The minimum atomic E-state index is 0.228. The van der Waals surface area contributed by atoms with E-state index in [0.29, 0.717) is 24.9 Å². The topological polar surface area (TPSA) is 52.8 Å². The van der Waals surface area contributed by atoms with Gasteiger partial charge in [-0.2, -0.15) is 0 Å². The molecule has 1 atom stereocenters. The second-order valence-electron chi connectivity index (χ2n) is 6.41. The molecule has 0 bridgehead atoms. The van der Waals surface area contributed by atoms with Crippen LogP contribution in [-0.2, 0) is 4.79 Å². The average molecular weight is 282 g/mol. The molecular formula is C15H30N4O. The van der Waals surface area contributed by atoms with E-state index < -0.39 is 0 Å². The van der Waals surface area contributed by atoms with Crippen LogP contribution in [-0.4, -0.2) is 79.5 Å². The Kier molecular flexibility index (Phi) is 5.81. The molecule has 1 unspecified atom stereocenters. The number of hydrogen-bond acceptors (Lipinski definition) is 4. The van der Waals surface area contributed by atoms with Crippen molar-refractivity contribution in [2.45, 2.75) is 44.2 Å². The summed E-state index contributed by atoms with van der Waals surface area (Å²) in [6.07, 6.45) is 5.28. The molecule has 2 heterocycles. The molecule has 0 spiro atoms. The van der Waals surface area contributed by atoms with E-state index in [1.54, 1.807) is 0 Å². The maximum Gasteiger partial charge on any atom is 0.224 e. The smallest absolute Gasteiger partial charge is 0.224 e. The van der Waals surface area contributed by atoms with E-state index in [1.165, 1.54) is 12.8 Å². The Balaban J connectivity index is 1.81. The van der Waals surface area contributed by atoms with Crippen molar-refractivity contribution in [3.8, 4) is 0 Å². The number of carbonyl (C=O) groups excluding carboxylic acids is 1. The van der Waals surface area contributed by atoms with Crippen LogP contribution in [0, 0.1) is 0 Å². The molecule has 2 N–H and O–H groups in total. The molecule has 0 saturated carbocycles. The van der Waals surface area contributed by atoms with Crippen LogP contribution in [0.5, 0.6) is 0 Å². The lowest BCUT2D eigenvalue weighted by Crippen LogP contribution is -2.50. The summed E-state index contributed by atoms with van der Waals surface area (Å²) in [7, 11) is 4.30. The number of carbonyl (C=O) groups is 1. The number of rotatable bonds is 5. The number of amides is 1. The van der Waals surface area contributed by atoms with Crippen molar-refractivity contribution in [2.75, 3.05) is 46.8 Å². The van der Waals surface area contributed by atoms with Crippen LogP contribution in [0.25, 0.3) is 0 Å². The summed E-state index contributed by atoms with van der Waals surface area (Å²) in [5.74, 6) is 0.299.